The molecule has 1 aromatic carbocycles. The summed E-state index contributed by atoms with van der Waals surface area (Å²) in [5.41, 5.74) is 0.129. The van der Waals surface area contributed by atoms with Gasteiger partial charge in [-0.05, 0) is 18.9 Å². The Kier molecular flexibility index (Phi) is 6.62. The van der Waals surface area contributed by atoms with Crippen LogP contribution in [0.5, 0.6) is 0 Å². The van der Waals surface area contributed by atoms with Crippen LogP contribution in [-0.4, -0.2) is 55.2 Å². The molecular formula is C18H22ClF2N3O2S. The molecule has 2 heterocycles. The first-order valence-electron chi connectivity index (χ1n) is 8.99. The van der Waals surface area contributed by atoms with E-state index in [1.807, 2.05) is 0 Å². The molecule has 0 bridgehead atoms. The van der Waals surface area contributed by atoms with Crippen molar-refractivity contribution in [1.82, 2.24) is 9.88 Å². The van der Waals surface area contributed by atoms with Crippen molar-refractivity contribution in [2.24, 2.45) is 5.92 Å². The number of amides is 1. The van der Waals surface area contributed by atoms with Gasteiger partial charge in [-0.15, -0.1) is 12.4 Å². The Bertz CT molecular complexity index is 809. The van der Waals surface area contributed by atoms with E-state index in [1.165, 1.54) is 17.4 Å². The third-order valence-electron chi connectivity index (χ3n) is 5.10. The van der Waals surface area contributed by atoms with E-state index in [0.717, 1.165) is 38.4 Å². The minimum atomic E-state index is -0.688. The molecule has 0 unspecified atom stereocenters. The molecule has 148 valence electrons. The van der Waals surface area contributed by atoms with Crippen LogP contribution in [-0.2, 0) is 9.53 Å². The molecule has 1 amide bonds. The second kappa shape index (κ2) is 8.77. The van der Waals surface area contributed by atoms with Crippen molar-refractivity contribution in [2.75, 3.05) is 44.3 Å². The highest BCUT2D eigenvalue weighted by Gasteiger charge is 2.32. The number of ether oxygens (including phenoxy) is 1. The Labute approximate surface area is 166 Å². The zero-order valence-corrected chi connectivity index (χ0v) is 16.5. The fourth-order valence-electron chi connectivity index (χ4n) is 3.30. The van der Waals surface area contributed by atoms with Crippen LogP contribution in [0.15, 0.2) is 12.1 Å². The number of carbonyl (C=O) groups excluding carboxylic acids is 1. The zero-order chi connectivity index (χ0) is 18.1. The van der Waals surface area contributed by atoms with Crippen molar-refractivity contribution in [3.8, 4) is 0 Å². The van der Waals surface area contributed by atoms with Crippen molar-refractivity contribution in [2.45, 2.75) is 19.3 Å². The third kappa shape index (κ3) is 4.39. The number of carbonyl (C=O) groups is 1. The number of benzene rings is 1. The summed E-state index contributed by atoms with van der Waals surface area (Å²) >= 11 is 1.17. The lowest BCUT2D eigenvalue weighted by Crippen LogP contribution is -2.45. The molecule has 0 N–H and O–H groups in total. The average molecular weight is 418 g/mol. The highest BCUT2D eigenvalue weighted by atomic mass is 35.5. The van der Waals surface area contributed by atoms with Crippen molar-refractivity contribution in [1.29, 1.82) is 0 Å². The van der Waals surface area contributed by atoms with Crippen molar-refractivity contribution >= 4 is 45.0 Å². The number of morpholine rings is 1. The van der Waals surface area contributed by atoms with Crippen LogP contribution in [0, 0.1) is 17.6 Å². The summed E-state index contributed by atoms with van der Waals surface area (Å²) in [5, 5.41) is 0.453. The third-order valence-corrected chi connectivity index (χ3v) is 6.12. The van der Waals surface area contributed by atoms with Gasteiger partial charge in [0, 0.05) is 38.2 Å². The summed E-state index contributed by atoms with van der Waals surface area (Å²) in [4.78, 5) is 21.1. The van der Waals surface area contributed by atoms with Gasteiger partial charge in [-0.25, -0.2) is 13.8 Å². The van der Waals surface area contributed by atoms with E-state index < -0.39 is 11.6 Å². The molecule has 2 fully saturated rings. The largest absolute Gasteiger partial charge is 0.379 e. The predicted octanol–water partition coefficient (Wildman–Crippen LogP) is 3.46. The molecule has 1 aliphatic carbocycles. The van der Waals surface area contributed by atoms with Crippen LogP contribution >= 0.6 is 23.7 Å². The molecule has 0 atom stereocenters. The maximum Gasteiger partial charge on any atom is 0.231 e. The second-order valence-corrected chi connectivity index (χ2v) is 7.81. The van der Waals surface area contributed by atoms with E-state index in [9.17, 15) is 13.6 Å². The predicted molar refractivity (Wildman–Crippen MR) is 104 cm³/mol. The number of hydrogen-bond donors (Lipinski definition) is 0. The first-order chi connectivity index (χ1) is 12.6. The van der Waals surface area contributed by atoms with E-state index in [1.54, 1.807) is 4.90 Å². The van der Waals surface area contributed by atoms with Crippen LogP contribution in [0.4, 0.5) is 13.9 Å². The number of aromatic nitrogens is 1. The number of thiazole rings is 1. The normalized spacial score (nSPS) is 18.1. The Morgan fingerprint density at radius 1 is 1.30 bits per heavy atom. The van der Waals surface area contributed by atoms with E-state index in [4.69, 9.17) is 4.74 Å². The lowest BCUT2D eigenvalue weighted by molar-refractivity contribution is -0.124. The molecule has 1 aliphatic heterocycles. The van der Waals surface area contributed by atoms with Crippen LogP contribution in [0.3, 0.4) is 0 Å². The van der Waals surface area contributed by atoms with Crippen LogP contribution < -0.4 is 4.90 Å². The minimum absolute atomic E-state index is 0. The van der Waals surface area contributed by atoms with E-state index >= 15 is 0 Å². The number of halogens is 3. The van der Waals surface area contributed by atoms with Gasteiger partial charge in [-0.2, -0.15) is 0 Å². The lowest BCUT2D eigenvalue weighted by atomic mass is 9.84. The SMILES string of the molecule is Cl.O=C(C1CCC1)N(CCN1CCOCC1)c1nc2c(F)cc(F)cc2s1. The van der Waals surface area contributed by atoms with Gasteiger partial charge in [0.2, 0.25) is 5.91 Å². The van der Waals surface area contributed by atoms with Gasteiger partial charge in [0.05, 0.1) is 17.9 Å². The second-order valence-electron chi connectivity index (χ2n) is 6.80. The van der Waals surface area contributed by atoms with Gasteiger partial charge >= 0.3 is 0 Å². The van der Waals surface area contributed by atoms with Crippen LogP contribution in [0.2, 0.25) is 0 Å². The van der Waals surface area contributed by atoms with E-state index in [0.29, 0.717) is 36.1 Å². The first-order valence-corrected chi connectivity index (χ1v) is 9.80. The topological polar surface area (TPSA) is 45.7 Å². The van der Waals surface area contributed by atoms with Crippen molar-refractivity contribution in [3.63, 3.8) is 0 Å². The Hall–Kier alpha value is -1.35. The Balaban J connectivity index is 0.00000210. The van der Waals surface area contributed by atoms with Gasteiger partial charge in [0.25, 0.3) is 0 Å². The zero-order valence-electron chi connectivity index (χ0n) is 14.8. The number of hydrogen-bond acceptors (Lipinski definition) is 5. The van der Waals surface area contributed by atoms with Gasteiger partial charge in [-0.1, -0.05) is 17.8 Å². The smallest absolute Gasteiger partial charge is 0.231 e. The minimum Gasteiger partial charge on any atom is -0.379 e. The molecule has 2 aromatic rings. The molecule has 1 saturated carbocycles. The Morgan fingerprint density at radius 3 is 2.70 bits per heavy atom. The number of anilines is 1. The van der Waals surface area contributed by atoms with E-state index in [2.05, 4.69) is 9.88 Å². The molecule has 9 heteroatoms. The quantitative estimate of drug-likeness (QED) is 0.747. The number of nitrogens with zero attached hydrogens (tertiary/aromatic N) is 3. The molecule has 0 spiro atoms. The maximum absolute atomic E-state index is 14.0. The summed E-state index contributed by atoms with van der Waals surface area (Å²) in [6.07, 6.45) is 2.84. The van der Waals surface area contributed by atoms with Crippen LogP contribution in [0.1, 0.15) is 19.3 Å². The first kappa shape index (κ1) is 20.4. The summed E-state index contributed by atoms with van der Waals surface area (Å²) in [6.45, 7) is 4.29. The Morgan fingerprint density at radius 2 is 2.04 bits per heavy atom. The summed E-state index contributed by atoms with van der Waals surface area (Å²) in [7, 11) is 0. The van der Waals surface area contributed by atoms with E-state index in [-0.39, 0.29) is 29.7 Å². The van der Waals surface area contributed by atoms with Gasteiger partial charge in [-0.3, -0.25) is 14.6 Å². The summed E-state index contributed by atoms with van der Waals surface area (Å²) in [6, 6.07) is 2.10. The summed E-state index contributed by atoms with van der Waals surface area (Å²) < 4.78 is 33.3. The van der Waals surface area contributed by atoms with Gasteiger partial charge < -0.3 is 4.74 Å². The van der Waals surface area contributed by atoms with Crippen LogP contribution in [0.25, 0.3) is 10.2 Å². The maximum atomic E-state index is 14.0. The number of rotatable bonds is 5. The fourth-order valence-corrected chi connectivity index (χ4v) is 4.34. The molecule has 1 saturated heterocycles. The molecule has 27 heavy (non-hydrogen) atoms. The highest BCUT2D eigenvalue weighted by Crippen LogP contribution is 2.35. The van der Waals surface area contributed by atoms with Gasteiger partial charge in [0.1, 0.15) is 11.3 Å². The molecule has 1 aromatic heterocycles. The average Bonchev–Trinajstić information content (AvgIpc) is 2.98. The molecule has 5 nitrogen and oxygen atoms in total. The molecular weight excluding hydrogens is 396 g/mol. The molecule has 4 rings (SSSR count). The van der Waals surface area contributed by atoms with Crippen molar-refractivity contribution in [3.05, 3.63) is 23.8 Å². The van der Waals surface area contributed by atoms with Crippen molar-refractivity contribution < 1.29 is 18.3 Å². The monoisotopic (exact) mass is 417 g/mol. The standard InChI is InChI=1S/C18H21F2N3O2S.ClH/c19-13-10-14(20)16-15(11-13)26-18(21-16)23(17(24)12-2-1-3-12)5-4-22-6-8-25-9-7-22;/h10-12H,1-9H2;1H. The number of fused-ring (bicyclic) bond motifs is 1. The lowest BCUT2D eigenvalue weighted by Gasteiger charge is -2.33. The highest BCUT2D eigenvalue weighted by molar-refractivity contribution is 7.22. The summed E-state index contributed by atoms with van der Waals surface area (Å²) in [5.74, 6) is -1.25. The van der Waals surface area contributed by atoms with Gasteiger partial charge in [0.15, 0.2) is 10.9 Å². The molecule has 2 aliphatic rings. The molecule has 0 radical (unpaired) electrons. The fraction of sp³-hybridized carbons (Fsp3) is 0.556.